The summed E-state index contributed by atoms with van der Waals surface area (Å²) in [6, 6.07) is 4.54. The minimum atomic E-state index is -4.53. The summed E-state index contributed by atoms with van der Waals surface area (Å²) in [5.74, 6) is 0.533. The molecular formula is C19H20F3N3OS. The van der Waals surface area contributed by atoms with Gasteiger partial charge in [-0.1, -0.05) is 13.0 Å². The molecule has 1 amide bonds. The minimum Gasteiger partial charge on any atom is -0.342 e. The van der Waals surface area contributed by atoms with Gasteiger partial charge in [-0.2, -0.15) is 13.2 Å². The predicted octanol–water partition coefficient (Wildman–Crippen LogP) is 4.59. The lowest BCUT2D eigenvalue weighted by Crippen LogP contribution is -2.40. The van der Waals surface area contributed by atoms with Gasteiger partial charge >= 0.3 is 6.18 Å². The zero-order valence-electron chi connectivity index (χ0n) is 14.9. The van der Waals surface area contributed by atoms with Gasteiger partial charge in [0.05, 0.1) is 10.6 Å². The third-order valence-electron chi connectivity index (χ3n) is 5.33. The molecule has 1 saturated carbocycles. The van der Waals surface area contributed by atoms with E-state index in [1.165, 1.54) is 11.3 Å². The Labute approximate surface area is 159 Å². The Morgan fingerprint density at radius 2 is 2.11 bits per heavy atom. The number of carbonyl (C=O) groups excluding carboxylic acids is 1. The van der Waals surface area contributed by atoms with E-state index in [2.05, 4.69) is 9.97 Å². The molecular weight excluding hydrogens is 375 g/mol. The van der Waals surface area contributed by atoms with Crippen LogP contribution in [0.1, 0.15) is 43.6 Å². The fourth-order valence-electron chi connectivity index (χ4n) is 3.63. The molecule has 0 spiro atoms. The van der Waals surface area contributed by atoms with E-state index in [0.717, 1.165) is 18.9 Å². The first kappa shape index (κ1) is 18.4. The fraction of sp³-hybridized carbons (Fsp3) is 0.526. The number of rotatable bonds is 3. The SMILES string of the molecule is CC1CC1C(=O)N1CCCC(c2nc(-c3cccs3)cc(C(F)(F)F)n2)C1. The standard InChI is InChI=1S/C19H20F3N3OS/c1-11-8-13(11)18(26)25-6-2-4-12(10-25)17-23-14(15-5-3-7-27-15)9-16(24-17)19(20,21)22/h3,5,7,9,11-13H,2,4,6,8,10H2,1H3. The van der Waals surface area contributed by atoms with Crippen LogP contribution in [-0.4, -0.2) is 33.9 Å². The zero-order chi connectivity index (χ0) is 19.2. The number of nitrogens with zero attached hydrogens (tertiary/aromatic N) is 3. The smallest absolute Gasteiger partial charge is 0.342 e. The molecule has 2 fully saturated rings. The predicted molar refractivity (Wildman–Crippen MR) is 96.2 cm³/mol. The molecule has 0 aromatic carbocycles. The third kappa shape index (κ3) is 3.85. The first-order valence-corrected chi connectivity index (χ1v) is 9.99. The van der Waals surface area contributed by atoms with Gasteiger partial charge in [0.1, 0.15) is 11.5 Å². The van der Waals surface area contributed by atoms with Gasteiger partial charge in [-0.15, -0.1) is 11.3 Å². The van der Waals surface area contributed by atoms with Crippen molar-refractivity contribution < 1.29 is 18.0 Å². The molecule has 1 saturated heterocycles. The zero-order valence-corrected chi connectivity index (χ0v) is 15.7. The number of piperidine rings is 1. The number of aromatic nitrogens is 2. The highest BCUT2D eigenvalue weighted by Crippen LogP contribution is 2.40. The van der Waals surface area contributed by atoms with E-state index >= 15 is 0 Å². The molecule has 0 bridgehead atoms. The van der Waals surface area contributed by atoms with Crippen molar-refractivity contribution in [1.82, 2.24) is 14.9 Å². The van der Waals surface area contributed by atoms with Crippen LogP contribution in [0.2, 0.25) is 0 Å². The number of carbonyl (C=O) groups is 1. The highest BCUT2D eigenvalue weighted by Gasteiger charge is 2.43. The normalized spacial score (nSPS) is 25.5. The Kier molecular flexibility index (Phi) is 4.70. The first-order valence-electron chi connectivity index (χ1n) is 9.12. The van der Waals surface area contributed by atoms with Gasteiger partial charge in [0.25, 0.3) is 0 Å². The van der Waals surface area contributed by atoms with Gasteiger partial charge in [0.2, 0.25) is 5.91 Å². The van der Waals surface area contributed by atoms with Gasteiger partial charge < -0.3 is 4.90 Å². The molecule has 144 valence electrons. The second-order valence-corrected chi connectivity index (χ2v) is 8.36. The van der Waals surface area contributed by atoms with Gasteiger partial charge in [0.15, 0.2) is 0 Å². The number of hydrogen-bond donors (Lipinski definition) is 0. The van der Waals surface area contributed by atoms with E-state index in [4.69, 9.17) is 0 Å². The van der Waals surface area contributed by atoms with Crippen LogP contribution in [-0.2, 0) is 11.0 Å². The highest BCUT2D eigenvalue weighted by atomic mass is 32.1. The number of hydrogen-bond acceptors (Lipinski definition) is 4. The van der Waals surface area contributed by atoms with E-state index in [-0.39, 0.29) is 23.6 Å². The average Bonchev–Trinajstić information content (AvgIpc) is 3.14. The van der Waals surface area contributed by atoms with Crippen LogP contribution >= 0.6 is 11.3 Å². The summed E-state index contributed by atoms with van der Waals surface area (Å²) in [4.78, 5) is 23.3. The van der Waals surface area contributed by atoms with Crippen molar-refractivity contribution in [1.29, 1.82) is 0 Å². The molecule has 4 rings (SSSR count). The Morgan fingerprint density at radius 1 is 1.33 bits per heavy atom. The van der Waals surface area contributed by atoms with Crippen LogP contribution in [0, 0.1) is 11.8 Å². The molecule has 3 heterocycles. The molecule has 1 aliphatic carbocycles. The van der Waals surface area contributed by atoms with E-state index in [1.54, 1.807) is 17.0 Å². The van der Waals surface area contributed by atoms with Crippen molar-refractivity contribution in [3.8, 4) is 10.6 Å². The molecule has 4 nitrogen and oxygen atoms in total. The van der Waals surface area contributed by atoms with Crippen LogP contribution in [0.15, 0.2) is 23.6 Å². The highest BCUT2D eigenvalue weighted by molar-refractivity contribution is 7.13. The Morgan fingerprint density at radius 3 is 2.74 bits per heavy atom. The van der Waals surface area contributed by atoms with E-state index in [9.17, 15) is 18.0 Å². The quantitative estimate of drug-likeness (QED) is 0.764. The largest absolute Gasteiger partial charge is 0.433 e. The first-order chi connectivity index (χ1) is 12.8. The summed E-state index contributed by atoms with van der Waals surface area (Å²) in [5, 5.41) is 1.81. The van der Waals surface area contributed by atoms with E-state index in [0.29, 0.717) is 36.0 Å². The third-order valence-corrected chi connectivity index (χ3v) is 6.22. The fourth-order valence-corrected chi connectivity index (χ4v) is 4.32. The Balaban J connectivity index is 1.63. The van der Waals surface area contributed by atoms with Gasteiger partial charge in [-0.3, -0.25) is 4.79 Å². The lowest BCUT2D eigenvalue weighted by atomic mass is 9.96. The van der Waals surface area contributed by atoms with Crippen LogP contribution in [0.3, 0.4) is 0 Å². The van der Waals surface area contributed by atoms with Crippen molar-refractivity contribution in [2.45, 2.75) is 38.3 Å². The van der Waals surface area contributed by atoms with Crippen LogP contribution < -0.4 is 0 Å². The number of thiophene rings is 1. The van der Waals surface area contributed by atoms with Crippen molar-refractivity contribution in [3.05, 3.63) is 35.1 Å². The molecule has 0 radical (unpaired) electrons. The second kappa shape index (κ2) is 6.89. The van der Waals surface area contributed by atoms with Crippen molar-refractivity contribution in [2.24, 2.45) is 11.8 Å². The monoisotopic (exact) mass is 395 g/mol. The maximum absolute atomic E-state index is 13.4. The molecule has 27 heavy (non-hydrogen) atoms. The molecule has 2 aromatic rings. The van der Waals surface area contributed by atoms with Crippen molar-refractivity contribution in [2.75, 3.05) is 13.1 Å². The summed E-state index contributed by atoms with van der Waals surface area (Å²) in [6.45, 7) is 3.11. The maximum Gasteiger partial charge on any atom is 0.433 e. The molecule has 3 unspecified atom stereocenters. The number of halogens is 3. The molecule has 8 heteroatoms. The van der Waals surface area contributed by atoms with Gasteiger partial charge in [-0.25, -0.2) is 9.97 Å². The molecule has 1 aliphatic heterocycles. The summed E-state index contributed by atoms with van der Waals surface area (Å²) in [5.41, 5.74) is -0.628. The summed E-state index contributed by atoms with van der Waals surface area (Å²) in [7, 11) is 0. The van der Waals surface area contributed by atoms with Gasteiger partial charge in [-0.05, 0) is 42.7 Å². The number of alkyl halides is 3. The Bertz CT molecular complexity index is 837. The molecule has 2 aromatic heterocycles. The topological polar surface area (TPSA) is 46.1 Å². The van der Waals surface area contributed by atoms with Gasteiger partial charge in [0, 0.05) is 24.9 Å². The second-order valence-electron chi connectivity index (χ2n) is 7.41. The summed E-state index contributed by atoms with van der Waals surface area (Å²) in [6.07, 6.45) is -2.18. The molecule has 2 aliphatic rings. The minimum absolute atomic E-state index is 0.0767. The van der Waals surface area contributed by atoms with Crippen LogP contribution in [0.5, 0.6) is 0 Å². The van der Waals surface area contributed by atoms with Crippen LogP contribution in [0.25, 0.3) is 10.6 Å². The molecule has 3 atom stereocenters. The van der Waals surface area contributed by atoms with Crippen molar-refractivity contribution in [3.63, 3.8) is 0 Å². The average molecular weight is 395 g/mol. The summed E-state index contributed by atoms with van der Waals surface area (Å²) < 4.78 is 40.1. The summed E-state index contributed by atoms with van der Waals surface area (Å²) >= 11 is 1.35. The lowest BCUT2D eigenvalue weighted by Gasteiger charge is -2.32. The molecule has 0 N–H and O–H groups in total. The van der Waals surface area contributed by atoms with Crippen LogP contribution in [0.4, 0.5) is 13.2 Å². The Hall–Kier alpha value is -1.96. The van der Waals surface area contributed by atoms with E-state index in [1.807, 2.05) is 12.3 Å². The number of likely N-dealkylation sites (tertiary alicyclic amines) is 1. The number of amides is 1. The lowest BCUT2D eigenvalue weighted by molar-refractivity contribution is -0.141. The van der Waals surface area contributed by atoms with E-state index < -0.39 is 11.9 Å². The van der Waals surface area contributed by atoms with Crippen molar-refractivity contribution >= 4 is 17.2 Å². The maximum atomic E-state index is 13.4.